The highest BCUT2D eigenvalue weighted by molar-refractivity contribution is 9.10. The van der Waals surface area contributed by atoms with Crippen LogP contribution in [0, 0.1) is 5.82 Å². The topological polar surface area (TPSA) is 45.2 Å². The predicted octanol–water partition coefficient (Wildman–Crippen LogP) is 7.00. The van der Waals surface area contributed by atoms with Crippen LogP contribution < -0.4 is 10.2 Å². The van der Waals surface area contributed by atoms with Crippen LogP contribution in [0.4, 0.5) is 15.9 Å². The summed E-state index contributed by atoms with van der Waals surface area (Å²) in [7, 11) is 0. The zero-order valence-corrected chi connectivity index (χ0v) is 19.7. The monoisotopic (exact) mass is 503 g/mol. The van der Waals surface area contributed by atoms with Crippen LogP contribution in [0.1, 0.15) is 34.5 Å². The maximum atomic E-state index is 13.6. The largest absolute Gasteiger partial charge is 0.363 e. The van der Waals surface area contributed by atoms with Gasteiger partial charge in [0.15, 0.2) is 0 Å². The fraction of sp³-hybridized carbons (Fsp3) is 0.111. The fourth-order valence-corrected chi connectivity index (χ4v) is 4.00. The number of halogens is 2. The molecule has 33 heavy (non-hydrogen) atoms. The van der Waals surface area contributed by atoms with Gasteiger partial charge in [-0.25, -0.2) is 9.37 Å². The number of carbonyl (C=O) groups excluding carboxylic acids is 1. The molecule has 4 rings (SSSR count). The lowest BCUT2D eigenvalue weighted by Gasteiger charge is -2.25. The van der Waals surface area contributed by atoms with Crippen molar-refractivity contribution in [2.45, 2.75) is 19.5 Å². The summed E-state index contributed by atoms with van der Waals surface area (Å²) in [6.45, 7) is 2.35. The summed E-state index contributed by atoms with van der Waals surface area (Å²) in [6.07, 6.45) is 1.68. The number of anilines is 2. The Balaban J connectivity index is 1.66. The summed E-state index contributed by atoms with van der Waals surface area (Å²) in [5.74, 6) is 0.181. The number of amides is 1. The summed E-state index contributed by atoms with van der Waals surface area (Å²) >= 11 is 3.48. The zero-order valence-electron chi connectivity index (χ0n) is 18.1. The lowest BCUT2D eigenvalue weighted by atomic mass is 10.1. The van der Waals surface area contributed by atoms with Gasteiger partial charge in [-0.2, -0.15) is 0 Å². The van der Waals surface area contributed by atoms with Crippen LogP contribution in [0.25, 0.3) is 0 Å². The molecule has 1 atom stereocenters. The molecular weight excluding hydrogens is 481 g/mol. The molecule has 0 saturated carbocycles. The van der Waals surface area contributed by atoms with Crippen molar-refractivity contribution in [2.75, 3.05) is 10.2 Å². The van der Waals surface area contributed by atoms with E-state index in [0.29, 0.717) is 21.5 Å². The molecule has 0 radical (unpaired) electrons. The summed E-state index contributed by atoms with van der Waals surface area (Å²) < 4.78 is 14.1. The van der Waals surface area contributed by atoms with Gasteiger partial charge in [0.1, 0.15) is 11.6 Å². The number of pyridine rings is 1. The molecule has 166 valence electrons. The predicted molar refractivity (Wildman–Crippen MR) is 134 cm³/mol. The van der Waals surface area contributed by atoms with E-state index in [4.69, 9.17) is 0 Å². The first-order valence-corrected chi connectivity index (χ1v) is 11.4. The third-order valence-corrected chi connectivity index (χ3v) is 6.01. The number of carbonyl (C=O) groups is 1. The number of benzene rings is 3. The van der Waals surface area contributed by atoms with E-state index in [1.165, 1.54) is 12.1 Å². The first-order chi connectivity index (χ1) is 16.0. The minimum absolute atomic E-state index is 0.0402. The van der Waals surface area contributed by atoms with Crippen LogP contribution in [0.15, 0.2) is 102 Å². The van der Waals surface area contributed by atoms with Crippen LogP contribution in [0.5, 0.6) is 0 Å². The van der Waals surface area contributed by atoms with E-state index >= 15 is 0 Å². The molecule has 0 bridgehead atoms. The Morgan fingerprint density at radius 3 is 2.42 bits per heavy atom. The number of nitrogens with one attached hydrogen (secondary N) is 1. The fourth-order valence-electron chi connectivity index (χ4n) is 3.55. The van der Waals surface area contributed by atoms with Crippen molar-refractivity contribution in [2.24, 2.45) is 0 Å². The molecule has 0 aliphatic heterocycles. The molecule has 1 N–H and O–H groups in total. The van der Waals surface area contributed by atoms with Gasteiger partial charge in [-0.1, -0.05) is 54.6 Å². The second-order valence-electron chi connectivity index (χ2n) is 7.67. The summed E-state index contributed by atoms with van der Waals surface area (Å²) in [5.41, 5.74) is 3.19. The Bertz CT molecular complexity index is 1230. The van der Waals surface area contributed by atoms with Gasteiger partial charge < -0.3 is 10.2 Å². The average molecular weight is 504 g/mol. The molecule has 0 unspecified atom stereocenters. The van der Waals surface area contributed by atoms with E-state index in [2.05, 4.69) is 45.3 Å². The van der Waals surface area contributed by atoms with Crippen molar-refractivity contribution >= 4 is 33.3 Å². The van der Waals surface area contributed by atoms with E-state index in [9.17, 15) is 9.18 Å². The number of rotatable bonds is 7. The standard InChI is InChI=1S/C27H23BrFN3O/c1-19(21-7-3-2-4-8-21)31-26-17-23(15-16-30-26)32(18-20-11-13-22(29)14-12-20)27(33)24-9-5-6-10-25(24)28/h2-17,19H,18H2,1H3,(H,30,31)/t19-/m0/s1. The number of hydrogen-bond donors (Lipinski definition) is 1. The molecule has 1 amide bonds. The van der Waals surface area contributed by atoms with Gasteiger partial charge in [0, 0.05) is 28.5 Å². The molecule has 0 spiro atoms. The minimum atomic E-state index is -0.312. The Morgan fingerprint density at radius 2 is 1.70 bits per heavy atom. The highest BCUT2D eigenvalue weighted by Gasteiger charge is 2.21. The van der Waals surface area contributed by atoms with Crippen molar-refractivity contribution in [3.05, 3.63) is 124 Å². The summed E-state index contributed by atoms with van der Waals surface area (Å²) in [5, 5.41) is 3.41. The molecule has 3 aromatic carbocycles. The second-order valence-corrected chi connectivity index (χ2v) is 8.53. The molecule has 1 aromatic heterocycles. The maximum Gasteiger partial charge on any atom is 0.259 e. The molecule has 4 nitrogen and oxygen atoms in total. The highest BCUT2D eigenvalue weighted by atomic mass is 79.9. The summed E-state index contributed by atoms with van der Waals surface area (Å²) in [4.78, 5) is 19.7. The van der Waals surface area contributed by atoms with Crippen molar-refractivity contribution in [1.29, 1.82) is 0 Å². The van der Waals surface area contributed by atoms with E-state index in [-0.39, 0.29) is 24.3 Å². The van der Waals surface area contributed by atoms with Gasteiger partial charge in [-0.3, -0.25) is 4.79 Å². The molecule has 0 fully saturated rings. The van der Waals surface area contributed by atoms with Crippen molar-refractivity contribution in [3.8, 4) is 0 Å². The Hall–Kier alpha value is -3.51. The molecular formula is C27H23BrFN3O. The van der Waals surface area contributed by atoms with Crippen LogP contribution >= 0.6 is 15.9 Å². The zero-order chi connectivity index (χ0) is 23.2. The van der Waals surface area contributed by atoms with Crippen LogP contribution in [-0.4, -0.2) is 10.9 Å². The van der Waals surface area contributed by atoms with Crippen LogP contribution in [0.3, 0.4) is 0 Å². The van der Waals surface area contributed by atoms with Gasteiger partial charge in [0.05, 0.1) is 12.1 Å². The van der Waals surface area contributed by atoms with E-state index in [0.717, 1.165) is 11.1 Å². The molecule has 1 heterocycles. The van der Waals surface area contributed by atoms with E-state index < -0.39 is 0 Å². The molecule has 6 heteroatoms. The third-order valence-electron chi connectivity index (χ3n) is 5.32. The molecule has 0 aliphatic carbocycles. The van der Waals surface area contributed by atoms with Crippen molar-refractivity contribution in [1.82, 2.24) is 4.98 Å². The smallest absolute Gasteiger partial charge is 0.259 e. The van der Waals surface area contributed by atoms with Crippen LogP contribution in [0.2, 0.25) is 0 Å². The lowest BCUT2D eigenvalue weighted by molar-refractivity contribution is 0.0984. The van der Waals surface area contributed by atoms with Crippen molar-refractivity contribution in [3.63, 3.8) is 0 Å². The lowest BCUT2D eigenvalue weighted by Crippen LogP contribution is -2.31. The van der Waals surface area contributed by atoms with Gasteiger partial charge in [-0.05, 0) is 64.3 Å². The van der Waals surface area contributed by atoms with Crippen LogP contribution in [-0.2, 0) is 6.54 Å². The number of hydrogen-bond acceptors (Lipinski definition) is 3. The average Bonchev–Trinajstić information content (AvgIpc) is 2.84. The Kier molecular flexibility index (Phi) is 7.15. The maximum absolute atomic E-state index is 13.6. The normalized spacial score (nSPS) is 11.6. The van der Waals surface area contributed by atoms with E-state index in [1.54, 1.807) is 35.4 Å². The van der Waals surface area contributed by atoms with Crippen molar-refractivity contribution < 1.29 is 9.18 Å². The molecule has 0 aliphatic rings. The molecule has 4 aromatic rings. The minimum Gasteiger partial charge on any atom is -0.363 e. The SMILES string of the molecule is C[C@H](Nc1cc(N(Cc2ccc(F)cc2)C(=O)c2ccccc2Br)ccn1)c1ccccc1. The second kappa shape index (κ2) is 10.4. The first kappa shape index (κ1) is 22.7. The highest BCUT2D eigenvalue weighted by Crippen LogP contribution is 2.27. The van der Waals surface area contributed by atoms with E-state index in [1.807, 2.05) is 42.5 Å². The summed E-state index contributed by atoms with van der Waals surface area (Å²) in [6, 6.07) is 27.3. The Morgan fingerprint density at radius 1 is 1.00 bits per heavy atom. The molecule has 0 saturated heterocycles. The van der Waals surface area contributed by atoms with Gasteiger partial charge in [0.2, 0.25) is 0 Å². The number of aromatic nitrogens is 1. The number of nitrogens with zero attached hydrogens (tertiary/aromatic N) is 2. The first-order valence-electron chi connectivity index (χ1n) is 10.6. The quantitative estimate of drug-likeness (QED) is 0.295. The van der Waals surface area contributed by atoms with Gasteiger partial charge >= 0.3 is 0 Å². The Labute approximate surface area is 201 Å². The third kappa shape index (κ3) is 5.65. The van der Waals surface area contributed by atoms with Gasteiger partial charge in [-0.15, -0.1) is 0 Å². The van der Waals surface area contributed by atoms with Gasteiger partial charge in [0.25, 0.3) is 5.91 Å².